The molecule has 0 saturated heterocycles. The van der Waals surface area contributed by atoms with Gasteiger partial charge in [0.15, 0.2) is 0 Å². The zero-order valence-corrected chi connectivity index (χ0v) is 19.1. The van der Waals surface area contributed by atoms with Gasteiger partial charge >= 0.3 is 76.7 Å². The Bertz CT molecular complexity index is 214. The topological polar surface area (TPSA) is 66.8 Å². The third kappa shape index (κ3) is 20.5. The van der Waals surface area contributed by atoms with Crippen molar-refractivity contribution in [3.63, 3.8) is 0 Å². The maximum atomic E-state index is 10.4. The standard InChI is InChI=1S/C12H27O4P.Cs.H/c1-2-3-4-5-6-7-8-9-10-11-12-16-17(13,14)15;;/h2-12H2,1H3,(H2,13,14,15);;/q;+1;-1. The minimum absolute atomic E-state index is 0. The van der Waals surface area contributed by atoms with Crippen LogP contribution in [0.3, 0.4) is 0 Å². The van der Waals surface area contributed by atoms with E-state index in [0.717, 1.165) is 19.3 Å². The summed E-state index contributed by atoms with van der Waals surface area (Å²) >= 11 is 0. The Hall–Kier alpha value is 2.16. The molecule has 0 spiro atoms. The first kappa shape index (κ1) is 22.4. The van der Waals surface area contributed by atoms with Gasteiger partial charge in [-0.2, -0.15) is 0 Å². The summed E-state index contributed by atoms with van der Waals surface area (Å²) < 4.78 is 14.7. The summed E-state index contributed by atoms with van der Waals surface area (Å²) in [7, 11) is -4.24. The normalized spacial score (nSPS) is 11.3. The number of phosphoric acid groups is 1. The predicted octanol–water partition coefficient (Wildman–Crippen LogP) is 1.13. The maximum absolute atomic E-state index is 10.4. The van der Waals surface area contributed by atoms with Gasteiger partial charge in [0.1, 0.15) is 0 Å². The van der Waals surface area contributed by atoms with Crippen LogP contribution in [0.2, 0.25) is 0 Å². The predicted molar refractivity (Wildman–Crippen MR) is 71.0 cm³/mol. The fourth-order valence-electron chi connectivity index (χ4n) is 1.77. The van der Waals surface area contributed by atoms with Crippen LogP contribution in [0, 0.1) is 0 Å². The van der Waals surface area contributed by atoms with E-state index in [9.17, 15) is 4.57 Å². The first-order valence-electron chi connectivity index (χ1n) is 6.76. The Morgan fingerprint density at radius 3 is 1.67 bits per heavy atom. The molecule has 18 heavy (non-hydrogen) atoms. The minimum Gasteiger partial charge on any atom is -1.00 e. The van der Waals surface area contributed by atoms with E-state index in [-0.39, 0.29) is 76.9 Å². The molecule has 6 heteroatoms. The van der Waals surface area contributed by atoms with Crippen molar-refractivity contribution in [3.05, 3.63) is 0 Å². The third-order valence-electron chi connectivity index (χ3n) is 2.76. The van der Waals surface area contributed by atoms with Crippen LogP contribution in [-0.2, 0) is 9.09 Å². The molecule has 0 aromatic carbocycles. The summed E-state index contributed by atoms with van der Waals surface area (Å²) in [6.45, 7) is 2.39. The molecular weight excluding hydrogens is 372 g/mol. The molecular formula is C12H28CsO4P. The van der Waals surface area contributed by atoms with Gasteiger partial charge in [0.2, 0.25) is 0 Å². The van der Waals surface area contributed by atoms with E-state index in [1.807, 2.05) is 0 Å². The average Bonchev–Trinajstić information content (AvgIpc) is 2.24. The second-order valence-electron chi connectivity index (χ2n) is 4.51. The SMILES string of the molecule is CCCCCCCCCCCCOP(=O)(O)O.[Cs+].[H-]. The Morgan fingerprint density at radius 1 is 0.889 bits per heavy atom. The van der Waals surface area contributed by atoms with Crippen molar-refractivity contribution in [3.8, 4) is 0 Å². The number of rotatable bonds is 12. The van der Waals surface area contributed by atoms with E-state index < -0.39 is 7.82 Å². The quantitative estimate of drug-likeness (QED) is 0.381. The molecule has 0 aromatic heterocycles. The smallest absolute Gasteiger partial charge is 1.00 e. The average molecular weight is 400 g/mol. The molecule has 0 amide bonds. The molecule has 2 N–H and O–H groups in total. The summed E-state index contributed by atoms with van der Waals surface area (Å²) in [4.78, 5) is 16.9. The Morgan fingerprint density at radius 2 is 1.28 bits per heavy atom. The van der Waals surface area contributed by atoms with Crippen molar-refractivity contribution in [1.29, 1.82) is 0 Å². The van der Waals surface area contributed by atoms with Crippen LogP contribution in [0.15, 0.2) is 0 Å². The molecule has 0 heterocycles. The molecule has 0 aromatic rings. The summed E-state index contributed by atoms with van der Waals surface area (Å²) in [5.41, 5.74) is 0. The van der Waals surface area contributed by atoms with Crippen LogP contribution in [0.4, 0.5) is 0 Å². The van der Waals surface area contributed by atoms with Gasteiger partial charge in [-0.05, 0) is 6.42 Å². The van der Waals surface area contributed by atoms with E-state index in [2.05, 4.69) is 11.4 Å². The number of hydrogen-bond donors (Lipinski definition) is 2. The number of hydrogen-bond acceptors (Lipinski definition) is 2. The van der Waals surface area contributed by atoms with Gasteiger partial charge < -0.3 is 11.2 Å². The van der Waals surface area contributed by atoms with E-state index >= 15 is 0 Å². The van der Waals surface area contributed by atoms with Gasteiger partial charge in [-0.1, -0.05) is 64.7 Å². The van der Waals surface area contributed by atoms with Crippen molar-refractivity contribution in [1.82, 2.24) is 0 Å². The fourth-order valence-corrected chi connectivity index (χ4v) is 2.14. The molecule has 0 aliphatic rings. The fraction of sp³-hybridized carbons (Fsp3) is 1.00. The van der Waals surface area contributed by atoms with Gasteiger partial charge in [-0.25, -0.2) is 4.57 Å². The molecule has 4 nitrogen and oxygen atoms in total. The summed E-state index contributed by atoms with van der Waals surface area (Å²) in [6, 6.07) is 0. The number of unbranched alkanes of at least 4 members (excludes halogenated alkanes) is 9. The Balaban J connectivity index is -0.00000128. The molecule has 0 aliphatic carbocycles. The van der Waals surface area contributed by atoms with E-state index in [0.29, 0.717) is 0 Å². The molecule has 106 valence electrons. The largest absolute Gasteiger partial charge is 1.00 e. The zero-order valence-electron chi connectivity index (χ0n) is 12.9. The summed E-state index contributed by atoms with van der Waals surface area (Å²) in [6.07, 6.45) is 12.0. The molecule has 0 rings (SSSR count). The van der Waals surface area contributed by atoms with Crippen molar-refractivity contribution >= 4 is 7.82 Å². The Labute approximate surface area is 172 Å². The first-order valence-corrected chi connectivity index (χ1v) is 8.29. The van der Waals surface area contributed by atoms with Gasteiger partial charge in [0, 0.05) is 0 Å². The van der Waals surface area contributed by atoms with E-state index in [1.54, 1.807) is 0 Å². The maximum Gasteiger partial charge on any atom is 1.00 e. The van der Waals surface area contributed by atoms with E-state index in [4.69, 9.17) is 9.79 Å². The van der Waals surface area contributed by atoms with Crippen LogP contribution in [0.1, 0.15) is 72.6 Å². The minimum atomic E-state index is -4.24. The second kappa shape index (κ2) is 15.5. The molecule has 0 aliphatic heterocycles. The molecule has 0 fully saturated rings. The van der Waals surface area contributed by atoms with E-state index in [1.165, 1.54) is 44.9 Å². The summed E-state index contributed by atoms with van der Waals surface area (Å²) in [5.74, 6) is 0. The molecule has 0 bridgehead atoms. The van der Waals surface area contributed by atoms with Crippen molar-refractivity contribution in [2.75, 3.05) is 6.61 Å². The van der Waals surface area contributed by atoms with Gasteiger partial charge in [0.05, 0.1) is 6.61 Å². The molecule has 0 unspecified atom stereocenters. The molecule has 0 radical (unpaired) electrons. The van der Waals surface area contributed by atoms with Crippen LogP contribution in [0.5, 0.6) is 0 Å². The van der Waals surface area contributed by atoms with Crippen LogP contribution < -0.4 is 68.9 Å². The second-order valence-corrected chi connectivity index (χ2v) is 5.75. The number of phosphoric ester groups is 1. The molecule has 0 saturated carbocycles. The first-order chi connectivity index (χ1) is 8.06. The van der Waals surface area contributed by atoms with Gasteiger partial charge in [-0.15, -0.1) is 0 Å². The van der Waals surface area contributed by atoms with Crippen LogP contribution in [0.25, 0.3) is 0 Å². The van der Waals surface area contributed by atoms with Crippen molar-refractivity contribution < 1.29 is 89.2 Å². The zero-order chi connectivity index (χ0) is 13.0. The van der Waals surface area contributed by atoms with Crippen molar-refractivity contribution in [2.24, 2.45) is 0 Å². The van der Waals surface area contributed by atoms with Crippen molar-refractivity contribution in [2.45, 2.75) is 71.1 Å². The van der Waals surface area contributed by atoms with Gasteiger partial charge in [-0.3, -0.25) is 4.52 Å². The van der Waals surface area contributed by atoms with Crippen LogP contribution >= 0.6 is 7.82 Å². The third-order valence-corrected chi connectivity index (χ3v) is 3.28. The van der Waals surface area contributed by atoms with Gasteiger partial charge in [0.25, 0.3) is 0 Å². The summed E-state index contributed by atoms with van der Waals surface area (Å²) in [5, 5.41) is 0. The Kier molecular flexibility index (Phi) is 19.4. The van der Waals surface area contributed by atoms with Crippen LogP contribution in [-0.4, -0.2) is 16.4 Å². The monoisotopic (exact) mass is 400 g/mol. The molecule has 0 atom stereocenters.